The van der Waals surface area contributed by atoms with Crippen LogP contribution >= 0.6 is 0 Å². The second-order valence-electron chi connectivity index (χ2n) is 6.47. The summed E-state index contributed by atoms with van der Waals surface area (Å²) in [6.07, 6.45) is 0. The fourth-order valence-corrected chi connectivity index (χ4v) is 3.48. The number of anilines is 1. The zero-order chi connectivity index (χ0) is 18.0. The van der Waals surface area contributed by atoms with E-state index in [1.807, 2.05) is 37.8 Å². The normalized spacial score (nSPS) is 16.0. The van der Waals surface area contributed by atoms with Gasteiger partial charge in [-0.3, -0.25) is 4.79 Å². The summed E-state index contributed by atoms with van der Waals surface area (Å²) in [6.45, 7) is 8.78. The highest BCUT2D eigenvalue weighted by Gasteiger charge is 2.29. The van der Waals surface area contributed by atoms with E-state index in [0.29, 0.717) is 0 Å². The van der Waals surface area contributed by atoms with Gasteiger partial charge in [0.05, 0.1) is 18.7 Å². The zero-order valence-electron chi connectivity index (χ0n) is 15.3. The van der Waals surface area contributed by atoms with Crippen LogP contribution in [-0.2, 0) is 4.79 Å². The van der Waals surface area contributed by atoms with Crippen LogP contribution in [0.15, 0.2) is 28.8 Å². The number of nitrogens with zero attached hydrogens (tertiary/aromatic N) is 3. The van der Waals surface area contributed by atoms with Gasteiger partial charge in [0.2, 0.25) is 5.91 Å². The molecule has 1 aromatic heterocycles. The lowest BCUT2D eigenvalue weighted by molar-refractivity contribution is -0.132. The monoisotopic (exact) mass is 343 g/mol. The van der Waals surface area contributed by atoms with E-state index >= 15 is 0 Å². The van der Waals surface area contributed by atoms with E-state index in [2.05, 4.69) is 22.2 Å². The lowest BCUT2D eigenvalue weighted by atomic mass is 9.97. The van der Waals surface area contributed by atoms with E-state index in [1.165, 1.54) is 0 Å². The molecule has 0 N–H and O–H groups in total. The molecular formula is C19H25N3O3. The minimum atomic E-state index is -0.223. The molecule has 1 aliphatic rings. The van der Waals surface area contributed by atoms with Crippen LogP contribution in [0, 0.1) is 13.8 Å². The molecule has 1 aromatic carbocycles. The van der Waals surface area contributed by atoms with Crippen LogP contribution in [0.5, 0.6) is 5.75 Å². The van der Waals surface area contributed by atoms with Crippen molar-refractivity contribution in [2.24, 2.45) is 0 Å². The molecule has 0 spiro atoms. The number of ether oxygens (including phenoxy) is 1. The summed E-state index contributed by atoms with van der Waals surface area (Å²) in [6, 6.07) is 8.05. The first-order valence-corrected chi connectivity index (χ1v) is 8.61. The van der Waals surface area contributed by atoms with Gasteiger partial charge in [-0.2, -0.15) is 0 Å². The van der Waals surface area contributed by atoms with Crippen LogP contribution in [0.25, 0.3) is 0 Å². The second kappa shape index (κ2) is 7.17. The minimum Gasteiger partial charge on any atom is -0.497 e. The van der Waals surface area contributed by atoms with Gasteiger partial charge in [-0.1, -0.05) is 5.16 Å². The molecule has 25 heavy (non-hydrogen) atoms. The summed E-state index contributed by atoms with van der Waals surface area (Å²) < 4.78 is 10.4. The van der Waals surface area contributed by atoms with Crippen molar-refractivity contribution in [3.8, 4) is 5.75 Å². The summed E-state index contributed by atoms with van der Waals surface area (Å²) in [5.41, 5.74) is 2.88. The third-order valence-corrected chi connectivity index (χ3v) is 4.92. The first-order chi connectivity index (χ1) is 12.0. The molecule has 1 amide bonds. The maximum atomic E-state index is 12.8. The molecule has 0 bridgehead atoms. The van der Waals surface area contributed by atoms with E-state index in [0.717, 1.165) is 54.6 Å². The summed E-state index contributed by atoms with van der Waals surface area (Å²) in [7, 11) is 1.67. The molecular weight excluding hydrogens is 318 g/mol. The number of hydrogen-bond donors (Lipinski definition) is 0. The molecule has 0 unspecified atom stereocenters. The van der Waals surface area contributed by atoms with Crippen molar-refractivity contribution in [3.63, 3.8) is 0 Å². The Bertz CT molecular complexity index is 711. The fraction of sp³-hybridized carbons (Fsp3) is 0.474. The molecule has 0 radical (unpaired) electrons. The van der Waals surface area contributed by atoms with Crippen molar-refractivity contribution in [1.82, 2.24) is 10.1 Å². The van der Waals surface area contributed by atoms with E-state index in [-0.39, 0.29) is 11.8 Å². The van der Waals surface area contributed by atoms with Gasteiger partial charge in [-0.25, -0.2) is 0 Å². The molecule has 134 valence electrons. The lowest BCUT2D eigenvalue weighted by Crippen LogP contribution is -2.49. The van der Waals surface area contributed by atoms with Crippen LogP contribution in [0.3, 0.4) is 0 Å². The van der Waals surface area contributed by atoms with Crippen molar-refractivity contribution in [3.05, 3.63) is 41.3 Å². The van der Waals surface area contributed by atoms with Crippen molar-refractivity contribution in [2.75, 3.05) is 38.2 Å². The number of rotatable bonds is 4. The third kappa shape index (κ3) is 3.48. The first-order valence-electron chi connectivity index (χ1n) is 8.61. The van der Waals surface area contributed by atoms with Gasteiger partial charge < -0.3 is 19.1 Å². The summed E-state index contributed by atoms with van der Waals surface area (Å²) >= 11 is 0. The Morgan fingerprint density at radius 3 is 2.32 bits per heavy atom. The molecule has 0 saturated carbocycles. The molecule has 3 rings (SSSR count). The topological polar surface area (TPSA) is 58.8 Å². The van der Waals surface area contributed by atoms with Crippen LogP contribution in [0.4, 0.5) is 5.69 Å². The predicted octanol–water partition coefficient (Wildman–Crippen LogP) is 2.75. The molecule has 1 fully saturated rings. The summed E-state index contributed by atoms with van der Waals surface area (Å²) in [5.74, 6) is 1.50. The molecule has 0 aliphatic carbocycles. The molecule has 1 atom stereocenters. The second-order valence-corrected chi connectivity index (χ2v) is 6.47. The molecule has 1 aliphatic heterocycles. The van der Waals surface area contributed by atoms with Crippen molar-refractivity contribution < 1.29 is 14.1 Å². The molecule has 6 nitrogen and oxygen atoms in total. The quantitative estimate of drug-likeness (QED) is 0.854. The van der Waals surface area contributed by atoms with Gasteiger partial charge in [0.15, 0.2) is 0 Å². The van der Waals surface area contributed by atoms with Gasteiger partial charge in [0.25, 0.3) is 0 Å². The van der Waals surface area contributed by atoms with E-state index in [1.54, 1.807) is 7.11 Å². The number of hydrogen-bond acceptors (Lipinski definition) is 5. The average molecular weight is 343 g/mol. The molecule has 1 saturated heterocycles. The van der Waals surface area contributed by atoms with Crippen molar-refractivity contribution in [2.45, 2.75) is 26.7 Å². The van der Waals surface area contributed by atoms with E-state index in [4.69, 9.17) is 9.26 Å². The Morgan fingerprint density at radius 2 is 1.80 bits per heavy atom. The van der Waals surface area contributed by atoms with Gasteiger partial charge in [-0.05, 0) is 45.0 Å². The Hall–Kier alpha value is -2.50. The number of amides is 1. The SMILES string of the molecule is COc1ccc(N2CCN(C(=O)[C@H](C)c3c(C)noc3C)CC2)cc1. The highest BCUT2D eigenvalue weighted by atomic mass is 16.5. The fourth-order valence-electron chi connectivity index (χ4n) is 3.48. The molecule has 2 heterocycles. The average Bonchev–Trinajstić information content (AvgIpc) is 2.99. The van der Waals surface area contributed by atoms with Gasteiger partial charge in [0.1, 0.15) is 11.5 Å². The highest BCUT2D eigenvalue weighted by molar-refractivity contribution is 5.84. The van der Waals surface area contributed by atoms with E-state index < -0.39 is 0 Å². The maximum Gasteiger partial charge on any atom is 0.230 e. The number of aryl methyl sites for hydroxylation is 2. The number of carbonyl (C=O) groups excluding carboxylic acids is 1. The summed E-state index contributed by atoms with van der Waals surface area (Å²) in [4.78, 5) is 17.1. The van der Waals surface area contributed by atoms with Crippen LogP contribution in [0.1, 0.15) is 29.9 Å². The van der Waals surface area contributed by atoms with Gasteiger partial charge in [-0.15, -0.1) is 0 Å². The Kier molecular flexibility index (Phi) is 4.97. The predicted molar refractivity (Wildman–Crippen MR) is 96.2 cm³/mol. The number of piperazine rings is 1. The van der Waals surface area contributed by atoms with Crippen LogP contribution in [0.2, 0.25) is 0 Å². The Morgan fingerprint density at radius 1 is 1.16 bits per heavy atom. The standard InChI is InChI=1S/C19H25N3O3/c1-13(18-14(2)20-25-15(18)3)19(23)22-11-9-21(10-12-22)16-5-7-17(24-4)8-6-16/h5-8,13H,9-12H2,1-4H3/t13-/m1/s1. The summed E-state index contributed by atoms with van der Waals surface area (Å²) in [5, 5.41) is 3.97. The third-order valence-electron chi connectivity index (χ3n) is 4.92. The van der Waals surface area contributed by atoms with Crippen LogP contribution < -0.4 is 9.64 Å². The van der Waals surface area contributed by atoms with Crippen molar-refractivity contribution >= 4 is 11.6 Å². The Labute approximate surface area is 148 Å². The van der Waals surface area contributed by atoms with Gasteiger partial charge in [0, 0.05) is 37.4 Å². The molecule has 2 aromatic rings. The first kappa shape index (κ1) is 17.3. The molecule has 6 heteroatoms. The zero-order valence-corrected chi connectivity index (χ0v) is 15.3. The van der Waals surface area contributed by atoms with Crippen LogP contribution in [-0.4, -0.2) is 49.3 Å². The number of methoxy groups -OCH3 is 1. The number of carbonyl (C=O) groups is 1. The van der Waals surface area contributed by atoms with Gasteiger partial charge >= 0.3 is 0 Å². The maximum absolute atomic E-state index is 12.8. The minimum absolute atomic E-state index is 0.142. The van der Waals surface area contributed by atoms with Crippen molar-refractivity contribution in [1.29, 1.82) is 0 Å². The highest BCUT2D eigenvalue weighted by Crippen LogP contribution is 2.26. The largest absolute Gasteiger partial charge is 0.497 e. The lowest BCUT2D eigenvalue weighted by Gasteiger charge is -2.37. The van der Waals surface area contributed by atoms with E-state index in [9.17, 15) is 4.79 Å². The smallest absolute Gasteiger partial charge is 0.230 e. The number of aromatic nitrogens is 1. The Balaban J connectivity index is 1.62. The number of benzene rings is 1.